The monoisotopic (exact) mass is 505 g/mol. The second-order valence-electron chi connectivity index (χ2n) is 11.3. The number of carbonyl (C=O) groups is 1. The number of carbonyl (C=O) groups excluding carboxylic acids is 1. The summed E-state index contributed by atoms with van der Waals surface area (Å²) in [4.78, 5) is 16.6. The van der Waals surface area contributed by atoms with E-state index in [1.165, 1.54) is 69.6 Å². The predicted molar refractivity (Wildman–Crippen MR) is 145 cm³/mol. The van der Waals surface area contributed by atoms with Crippen LogP contribution in [0.1, 0.15) is 106 Å². The van der Waals surface area contributed by atoms with Gasteiger partial charge in [0, 0.05) is 12.3 Å². The van der Waals surface area contributed by atoms with Crippen LogP contribution in [0.5, 0.6) is 0 Å². The molecule has 0 amide bonds. The van der Waals surface area contributed by atoms with Crippen molar-refractivity contribution in [2.45, 2.75) is 108 Å². The van der Waals surface area contributed by atoms with Crippen LogP contribution in [0.2, 0.25) is 0 Å². The molecule has 4 atom stereocenters. The lowest BCUT2D eigenvalue weighted by molar-refractivity contribution is -0.140. The molecule has 3 heterocycles. The molecule has 5 heteroatoms. The summed E-state index contributed by atoms with van der Waals surface area (Å²) in [5.74, 6) is 2.16. The van der Waals surface area contributed by atoms with Crippen molar-refractivity contribution in [2.24, 2.45) is 11.8 Å². The number of oxazole rings is 1. The second kappa shape index (κ2) is 12.9. The van der Waals surface area contributed by atoms with E-state index in [4.69, 9.17) is 18.9 Å². The van der Waals surface area contributed by atoms with Gasteiger partial charge in [-0.3, -0.25) is 4.79 Å². The molecule has 200 valence electrons. The van der Waals surface area contributed by atoms with Gasteiger partial charge in [-0.25, -0.2) is 4.98 Å². The first-order valence-corrected chi connectivity index (χ1v) is 14.6. The first kappa shape index (κ1) is 26.2. The van der Waals surface area contributed by atoms with E-state index in [2.05, 4.69) is 30.4 Å². The van der Waals surface area contributed by atoms with Crippen LogP contribution in [-0.2, 0) is 27.1 Å². The topological polar surface area (TPSA) is 61.6 Å². The third-order valence-electron chi connectivity index (χ3n) is 8.90. The van der Waals surface area contributed by atoms with Crippen LogP contribution in [0.4, 0.5) is 0 Å². The number of hydrogen-bond donors (Lipinski definition) is 0. The zero-order valence-corrected chi connectivity index (χ0v) is 22.4. The van der Waals surface area contributed by atoms with Crippen LogP contribution in [0.15, 0.2) is 41.0 Å². The molecule has 5 nitrogen and oxygen atoms in total. The van der Waals surface area contributed by atoms with Gasteiger partial charge >= 0.3 is 5.97 Å². The van der Waals surface area contributed by atoms with Crippen LogP contribution < -0.4 is 0 Å². The Morgan fingerprint density at radius 1 is 1.05 bits per heavy atom. The molecule has 2 aliphatic heterocycles. The number of rotatable bonds is 12. The van der Waals surface area contributed by atoms with Crippen molar-refractivity contribution < 1.29 is 18.7 Å². The van der Waals surface area contributed by atoms with Gasteiger partial charge in [0.05, 0.1) is 25.2 Å². The summed E-state index contributed by atoms with van der Waals surface area (Å²) in [7, 11) is 1.45. The zero-order valence-electron chi connectivity index (χ0n) is 22.4. The van der Waals surface area contributed by atoms with E-state index in [0.717, 1.165) is 43.2 Å². The number of nitrogens with zero attached hydrogens (tertiary/aromatic N) is 1. The number of aromatic nitrogens is 1. The van der Waals surface area contributed by atoms with E-state index in [-0.39, 0.29) is 24.1 Å². The average molecular weight is 506 g/mol. The molecule has 1 saturated carbocycles. The van der Waals surface area contributed by atoms with Crippen LogP contribution in [-0.4, -0.2) is 30.3 Å². The highest BCUT2D eigenvalue weighted by Gasteiger charge is 2.51. The van der Waals surface area contributed by atoms with Gasteiger partial charge in [0.2, 0.25) is 5.89 Å². The Morgan fingerprint density at radius 3 is 2.70 bits per heavy atom. The fourth-order valence-electron chi connectivity index (χ4n) is 6.87. The molecule has 0 radical (unpaired) electrons. The van der Waals surface area contributed by atoms with Gasteiger partial charge in [-0.1, -0.05) is 75.3 Å². The SMILES string of the molecule is COC(=O)CCc1ccccc1C[C@@H]1[C@H](c2nc(/C=C/CCCCC3CCCCC3)co2)[C@H]2CC[C@@H]1O2. The largest absolute Gasteiger partial charge is 0.469 e. The Labute approximate surface area is 222 Å². The van der Waals surface area contributed by atoms with E-state index < -0.39 is 0 Å². The fraction of sp³-hybridized carbons (Fsp3) is 0.625. The Bertz CT molecular complexity index is 1040. The Kier molecular flexibility index (Phi) is 9.14. The first-order valence-electron chi connectivity index (χ1n) is 14.6. The Hall–Kier alpha value is -2.40. The number of esters is 1. The van der Waals surface area contributed by atoms with E-state index in [1.807, 2.05) is 6.07 Å². The highest BCUT2D eigenvalue weighted by atomic mass is 16.5. The molecule has 1 aromatic heterocycles. The van der Waals surface area contributed by atoms with Crippen molar-refractivity contribution in [2.75, 3.05) is 7.11 Å². The van der Waals surface area contributed by atoms with E-state index in [0.29, 0.717) is 18.8 Å². The number of ether oxygens (including phenoxy) is 2. The highest BCUT2D eigenvalue weighted by molar-refractivity contribution is 5.69. The minimum absolute atomic E-state index is 0.166. The number of hydrogen-bond acceptors (Lipinski definition) is 5. The van der Waals surface area contributed by atoms with Crippen LogP contribution in [0.25, 0.3) is 6.08 Å². The molecule has 0 N–H and O–H groups in total. The molecule has 1 aliphatic carbocycles. The van der Waals surface area contributed by atoms with Crippen molar-refractivity contribution in [1.82, 2.24) is 4.98 Å². The molecule has 3 aliphatic rings. The van der Waals surface area contributed by atoms with Gasteiger partial charge < -0.3 is 13.9 Å². The summed E-state index contributed by atoms with van der Waals surface area (Å²) in [6.07, 6.45) is 23.1. The molecular weight excluding hydrogens is 462 g/mol. The van der Waals surface area contributed by atoms with Gasteiger partial charge in [0.25, 0.3) is 0 Å². The number of aryl methyl sites for hydroxylation is 1. The van der Waals surface area contributed by atoms with Gasteiger partial charge in [0.1, 0.15) is 12.0 Å². The summed E-state index contributed by atoms with van der Waals surface area (Å²) >= 11 is 0. The maximum atomic E-state index is 11.7. The van der Waals surface area contributed by atoms with Crippen molar-refractivity contribution in [3.05, 3.63) is 59.3 Å². The summed E-state index contributed by atoms with van der Waals surface area (Å²) < 4.78 is 17.3. The van der Waals surface area contributed by atoms with Gasteiger partial charge in [-0.15, -0.1) is 0 Å². The molecule has 2 bridgehead atoms. The summed E-state index contributed by atoms with van der Waals surface area (Å²) in [5.41, 5.74) is 3.42. The number of unbranched alkanes of at least 4 members (excludes halogenated alkanes) is 2. The van der Waals surface area contributed by atoms with Crippen LogP contribution in [0.3, 0.4) is 0 Å². The standard InChI is InChI=1S/C32H43NO4/c1-35-30(34)20-17-24-14-9-10-15-25(24)21-27-28-18-19-29(37-28)31(27)32-33-26(22-36-32)16-8-3-2-5-11-23-12-6-4-7-13-23/h8-10,14-16,22-23,27-29,31H,2-7,11-13,17-21H2,1H3/b16-8+/t27-,28-,29+,31-/m0/s1. The molecule has 3 fully saturated rings. The van der Waals surface area contributed by atoms with Crippen molar-refractivity contribution in [3.8, 4) is 0 Å². The lowest BCUT2D eigenvalue weighted by Gasteiger charge is -2.26. The number of allylic oxidation sites excluding steroid dienone is 1. The van der Waals surface area contributed by atoms with E-state index in [9.17, 15) is 4.79 Å². The maximum absolute atomic E-state index is 11.7. The van der Waals surface area contributed by atoms with Crippen LogP contribution >= 0.6 is 0 Å². The van der Waals surface area contributed by atoms with Gasteiger partial charge in [0.15, 0.2) is 0 Å². The third kappa shape index (κ3) is 6.73. The van der Waals surface area contributed by atoms with Crippen molar-refractivity contribution >= 4 is 12.0 Å². The predicted octanol–water partition coefficient (Wildman–Crippen LogP) is 7.44. The van der Waals surface area contributed by atoms with Gasteiger partial charge in [-0.2, -0.15) is 0 Å². The van der Waals surface area contributed by atoms with E-state index >= 15 is 0 Å². The Morgan fingerprint density at radius 2 is 1.86 bits per heavy atom. The number of methoxy groups -OCH3 is 1. The molecule has 0 unspecified atom stereocenters. The zero-order chi connectivity index (χ0) is 25.5. The minimum atomic E-state index is -0.166. The fourth-order valence-corrected chi connectivity index (χ4v) is 6.87. The molecule has 0 spiro atoms. The molecule has 2 aromatic rings. The summed E-state index contributed by atoms with van der Waals surface area (Å²) in [6, 6.07) is 8.45. The molecule has 5 rings (SSSR count). The van der Waals surface area contributed by atoms with Gasteiger partial charge in [-0.05, 0) is 61.6 Å². The van der Waals surface area contributed by atoms with Crippen molar-refractivity contribution in [3.63, 3.8) is 0 Å². The maximum Gasteiger partial charge on any atom is 0.305 e. The molecule has 37 heavy (non-hydrogen) atoms. The lowest BCUT2D eigenvalue weighted by Crippen LogP contribution is -2.28. The molecule has 1 aromatic carbocycles. The Balaban J connectivity index is 1.17. The summed E-state index contributed by atoms with van der Waals surface area (Å²) in [6.45, 7) is 0. The average Bonchev–Trinajstić information content (AvgIpc) is 3.67. The normalized spacial score (nSPS) is 25.8. The smallest absolute Gasteiger partial charge is 0.305 e. The molecule has 2 saturated heterocycles. The third-order valence-corrected chi connectivity index (χ3v) is 8.90. The summed E-state index contributed by atoms with van der Waals surface area (Å²) in [5, 5.41) is 0. The minimum Gasteiger partial charge on any atom is -0.469 e. The quantitative estimate of drug-likeness (QED) is 0.222. The highest BCUT2D eigenvalue weighted by Crippen LogP contribution is 2.50. The van der Waals surface area contributed by atoms with E-state index in [1.54, 1.807) is 6.26 Å². The second-order valence-corrected chi connectivity index (χ2v) is 11.3. The first-order chi connectivity index (χ1) is 18.2. The lowest BCUT2D eigenvalue weighted by atomic mass is 9.75. The van der Waals surface area contributed by atoms with Crippen molar-refractivity contribution in [1.29, 1.82) is 0 Å². The number of benzene rings is 1. The van der Waals surface area contributed by atoms with Crippen LogP contribution in [0, 0.1) is 11.8 Å². The number of fused-ring (bicyclic) bond motifs is 2. The molecular formula is C32H43NO4.